The molecule has 9 nitrogen and oxygen atoms in total. The minimum absolute atomic E-state index is 0.0149. The van der Waals surface area contributed by atoms with Crippen molar-refractivity contribution >= 4 is 15.9 Å². The quantitative estimate of drug-likeness (QED) is 0.740. The van der Waals surface area contributed by atoms with Crippen LogP contribution in [0.5, 0.6) is 0 Å². The van der Waals surface area contributed by atoms with Gasteiger partial charge in [-0.25, -0.2) is 13.1 Å². The van der Waals surface area contributed by atoms with Crippen molar-refractivity contribution in [3.05, 3.63) is 30.4 Å². The van der Waals surface area contributed by atoms with Gasteiger partial charge in [0.1, 0.15) is 6.04 Å². The summed E-state index contributed by atoms with van der Waals surface area (Å²) in [6.07, 6.45) is 4.29. The van der Waals surface area contributed by atoms with Crippen LogP contribution in [0.15, 0.2) is 29.0 Å². The Bertz CT molecular complexity index is 760. The SMILES string of the molecule is CC(NC(=O)CCNS(C)(=O)=O)c1nc(-c2cccnc2)no1. The molecule has 23 heavy (non-hydrogen) atoms. The first kappa shape index (κ1) is 17.0. The summed E-state index contributed by atoms with van der Waals surface area (Å²) in [5.41, 5.74) is 0.707. The Morgan fingerprint density at radius 3 is 2.87 bits per heavy atom. The Morgan fingerprint density at radius 2 is 2.22 bits per heavy atom. The van der Waals surface area contributed by atoms with Crippen molar-refractivity contribution in [3.63, 3.8) is 0 Å². The van der Waals surface area contributed by atoms with Crippen molar-refractivity contribution in [1.29, 1.82) is 0 Å². The van der Waals surface area contributed by atoms with Gasteiger partial charge in [-0.2, -0.15) is 4.98 Å². The Labute approximate surface area is 133 Å². The maximum absolute atomic E-state index is 11.7. The summed E-state index contributed by atoms with van der Waals surface area (Å²) >= 11 is 0. The number of aromatic nitrogens is 3. The van der Waals surface area contributed by atoms with Crippen LogP contribution in [0.1, 0.15) is 25.3 Å². The third kappa shape index (κ3) is 5.42. The van der Waals surface area contributed by atoms with E-state index in [1.165, 1.54) is 0 Å². The summed E-state index contributed by atoms with van der Waals surface area (Å²) in [5, 5.41) is 6.50. The monoisotopic (exact) mass is 339 g/mol. The maximum atomic E-state index is 11.7. The Kier molecular flexibility index (Phi) is 5.40. The average molecular weight is 339 g/mol. The van der Waals surface area contributed by atoms with E-state index in [-0.39, 0.29) is 24.8 Å². The molecule has 2 aromatic rings. The van der Waals surface area contributed by atoms with Crippen LogP contribution in [0.3, 0.4) is 0 Å². The molecule has 0 aliphatic heterocycles. The fourth-order valence-electron chi connectivity index (χ4n) is 1.75. The molecule has 2 aromatic heterocycles. The molecule has 2 heterocycles. The number of hydrogen-bond donors (Lipinski definition) is 2. The van der Waals surface area contributed by atoms with Gasteiger partial charge < -0.3 is 9.84 Å². The molecule has 1 unspecified atom stereocenters. The standard InChI is InChI=1S/C13H17N5O4S/c1-9(16-11(19)5-7-15-23(2,20)21)13-17-12(18-22-13)10-4-3-6-14-8-10/h3-4,6,8-9,15H,5,7H2,1-2H3,(H,16,19). The summed E-state index contributed by atoms with van der Waals surface area (Å²) in [6.45, 7) is 1.73. The van der Waals surface area contributed by atoms with Gasteiger partial charge >= 0.3 is 0 Å². The van der Waals surface area contributed by atoms with Crippen molar-refractivity contribution in [3.8, 4) is 11.4 Å². The number of carbonyl (C=O) groups excluding carboxylic acids is 1. The first-order valence-electron chi connectivity index (χ1n) is 6.83. The van der Waals surface area contributed by atoms with Crippen molar-refractivity contribution < 1.29 is 17.7 Å². The molecule has 0 saturated heterocycles. The number of hydrogen-bond acceptors (Lipinski definition) is 7. The molecular formula is C13H17N5O4S. The lowest BCUT2D eigenvalue weighted by Gasteiger charge is -2.09. The van der Waals surface area contributed by atoms with E-state index in [0.29, 0.717) is 11.4 Å². The van der Waals surface area contributed by atoms with Crippen molar-refractivity contribution in [2.75, 3.05) is 12.8 Å². The highest BCUT2D eigenvalue weighted by atomic mass is 32.2. The lowest BCUT2D eigenvalue weighted by atomic mass is 10.2. The Balaban J connectivity index is 1.90. The van der Waals surface area contributed by atoms with Gasteiger partial charge in [0, 0.05) is 30.9 Å². The number of amides is 1. The minimum atomic E-state index is -3.30. The smallest absolute Gasteiger partial charge is 0.249 e. The van der Waals surface area contributed by atoms with Gasteiger partial charge in [-0.1, -0.05) is 5.16 Å². The zero-order valence-electron chi connectivity index (χ0n) is 12.7. The third-order valence-electron chi connectivity index (χ3n) is 2.83. The van der Waals surface area contributed by atoms with Crippen LogP contribution < -0.4 is 10.0 Å². The molecule has 0 spiro atoms. The Hall–Kier alpha value is -2.33. The highest BCUT2D eigenvalue weighted by Gasteiger charge is 2.17. The summed E-state index contributed by atoms with van der Waals surface area (Å²) < 4.78 is 29.2. The van der Waals surface area contributed by atoms with Gasteiger partial charge in [0.2, 0.25) is 27.6 Å². The lowest BCUT2D eigenvalue weighted by molar-refractivity contribution is -0.121. The lowest BCUT2D eigenvalue weighted by Crippen LogP contribution is -2.31. The van der Waals surface area contributed by atoms with Gasteiger partial charge in [-0.3, -0.25) is 9.78 Å². The van der Waals surface area contributed by atoms with Gasteiger partial charge in [-0.15, -0.1) is 0 Å². The minimum Gasteiger partial charge on any atom is -0.345 e. The van der Waals surface area contributed by atoms with Crippen LogP contribution in [-0.2, 0) is 14.8 Å². The van der Waals surface area contributed by atoms with Crippen LogP contribution in [0.25, 0.3) is 11.4 Å². The summed E-state index contributed by atoms with van der Waals surface area (Å²) in [6, 6.07) is 3.06. The second-order valence-electron chi connectivity index (χ2n) is 4.90. The predicted molar refractivity (Wildman–Crippen MR) is 81.6 cm³/mol. The number of nitrogens with one attached hydrogen (secondary N) is 2. The van der Waals surface area contributed by atoms with E-state index in [0.717, 1.165) is 6.26 Å². The number of sulfonamides is 1. The van der Waals surface area contributed by atoms with Gasteiger partial charge in [-0.05, 0) is 19.1 Å². The molecular weight excluding hydrogens is 322 g/mol. The molecule has 0 radical (unpaired) electrons. The van der Waals surface area contributed by atoms with Crippen LogP contribution >= 0.6 is 0 Å². The second kappa shape index (κ2) is 7.29. The van der Waals surface area contributed by atoms with Gasteiger partial charge in [0.15, 0.2) is 0 Å². The first-order chi connectivity index (χ1) is 10.8. The molecule has 0 aliphatic carbocycles. The van der Waals surface area contributed by atoms with E-state index in [1.807, 2.05) is 0 Å². The summed E-state index contributed by atoms with van der Waals surface area (Å²) in [5.74, 6) is 0.316. The summed E-state index contributed by atoms with van der Waals surface area (Å²) in [7, 11) is -3.30. The van der Waals surface area contributed by atoms with Gasteiger partial charge in [0.25, 0.3) is 0 Å². The zero-order chi connectivity index (χ0) is 16.9. The molecule has 124 valence electrons. The molecule has 2 rings (SSSR count). The first-order valence-corrected chi connectivity index (χ1v) is 8.72. The van der Waals surface area contributed by atoms with E-state index < -0.39 is 16.1 Å². The van der Waals surface area contributed by atoms with Crippen LogP contribution in [0, 0.1) is 0 Å². The molecule has 0 bridgehead atoms. The maximum Gasteiger partial charge on any atom is 0.249 e. The average Bonchev–Trinajstić information content (AvgIpc) is 2.96. The van der Waals surface area contributed by atoms with Crippen molar-refractivity contribution in [2.24, 2.45) is 0 Å². The van der Waals surface area contributed by atoms with E-state index >= 15 is 0 Å². The molecule has 0 fully saturated rings. The molecule has 1 atom stereocenters. The number of carbonyl (C=O) groups is 1. The van der Waals surface area contributed by atoms with Crippen molar-refractivity contribution in [1.82, 2.24) is 25.2 Å². The highest BCUT2D eigenvalue weighted by molar-refractivity contribution is 7.88. The predicted octanol–water partition coefficient (Wildman–Crippen LogP) is 0.248. The van der Waals surface area contributed by atoms with Crippen molar-refractivity contribution in [2.45, 2.75) is 19.4 Å². The van der Waals surface area contributed by atoms with E-state index in [4.69, 9.17) is 4.52 Å². The van der Waals surface area contributed by atoms with Crippen LogP contribution in [-0.4, -0.2) is 42.3 Å². The Morgan fingerprint density at radius 1 is 1.43 bits per heavy atom. The molecule has 10 heteroatoms. The molecule has 0 saturated carbocycles. The molecule has 1 amide bonds. The largest absolute Gasteiger partial charge is 0.345 e. The summed E-state index contributed by atoms with van der Waals surface area (Å²) in [4.78, 5) is 19.9. The molecule has 2 N–H and O–H groups in total. The van der Waals surface area contributed by atoms with Gasteiger partial charge in [0.05, 0.1) is 6.26 Å². The van der Waals surface area contributed by atoms with E-state index in [1.54, 1.807) is 31.5 Å². The van der Waals surface area contributed by atoms with Crippen LogP contribution in [0.2, 0.25) is 0 Å². The fraction of sp³-hybridized carbons (Fsp3) is 0.385. The van der Waals surface area contributed by atoms with E-state index in [9.17, 15) is 13.2 Å². The van der Waals surface area contributed by atoms with Crippen LogP contribution in [0.4, 0.5) is 0 Å². The number of nitrogens with zero attached hydrogens (tertiary/aromatic N) is 3. The topological polar surface area (TPSA) is 127 Å². The second-order valence-corrected chi connectivity index (χ2v) is 6.74. The third-order valence-corrected chi connectivity index (χ3v) is 3.55. The zero-order valence-corrected chi connectivity index (χ0v) is 13.5. The number of pyridine rings is 1. The number of rotatable bonds is 7. The highest BCUT2D eigenvalue weighted by Crippen LogP contribution is 2.17. The fourth-order valence-corrected chi connectivity index (χ4v) is 2.22. The molecule has 0 aromatic carbocycles. The molecule has 0 aliphatic rings. The normalized spacial score (nSPS) is 12.8. The van der Waals surface area contributed by atoms with E-state index in [2.05, 4.69) is 25.2 Å².